The van der Waals surface area contributed by atoms with Crippen LogP contribution in [0.5, 0.6) is 0 Å². The number of nitrogens with zero attached hydrogens (tertiary/aromatic N) is 3. The molecule has 120 valence electrons. The van der Waals surface area contributed by atoms with E-state index in [-0.39, 0.29) is 23.2 Å². The summed E-state index contributed by atoms with van der Waals surface area (Å²) in [6.45, 7) is 0. The van der Waals surface area contributed by atoms with Crippen LogP contribution >= 0.6 is 11.6 Å². The van der Waals surface area contributed by atoms with Gasteiger partial charge in [0.2, 0.25) is 5.89 Å². The fourth-order valence-electron chi connectivity index (χ4n) is 1.94. The van der Waals surface area contributed by atoms with Crippen molar-refractivity contribution in [1.29, 1.82) is 0 Å². The summed E-state index contributed by atoms with van der Waals surface area (Å²) in [5.74, 6) is -0.410. The molecule has 3 rings (SSSR count). The second-order valence-electron chi connectivity index (χ2n) is 4.68. The standard InChI is InChI=1S/C15H9ClN4O4/c16-11-5-1-4-10(7-11)14-18-19-15(24-14)17-13(21)9-3-2-6-12(8-9)20(22)23/h1-8H,(H,17,19,21). The molecular weight excluding hydrogens is 336 g/mol. The van der Waals surface area contributed by atoms with E-state index in [9.17, 15) is 14.9 Å². The topological polar surface area (TPSA) is 111 Å². The quantitative estimate of drug-likeness (QED) is 0.572. The Kier molecular flexibility index (Phi) is 4.21. The number of hydrogen-bond donors (Lipinski definition) is 1. The van der Waals surface area contributed by atoms with Crippen LogP contribution in [0.4, 0.5) is 11.7 Å². The Hall–Kier alpha value is -3.26. The molecule has 0 radical (unpaired) electrons. The lowest BCUT2D eigenvalue weighted by Crippen LogP contribution is -2.12. The minimum absolute atomic E-state index is 0.103. The first-order chi connectivity index (χ1) is 11.5. The van der Waals surface area contributed by atoms with Gasteiger partial charge in [-0.3, -0.25) is 20.2 Å². The van der Waals surface area contributed by atoms with Gasteiger partial charge in [-0.2, -0.15) is 0 Å². The zero-order valence-electron chi connectivity index (χ0n) is 12.0. The number of nitrogens with one attached hydrogen (secondary N) is 1. The number of nitro groups is 1. The molecule has 1 N–H and O–H groups in total. The predicted octanol–water partition coefficient (Wildman–Crippen LogP) is 3.55. The van der Waals surface area contributed by atoms with Crippen molar-refractivity contribution in [1.82, 2.24) is 10.2 Å². The van der Waals surface area contributed by atoms with Crippen LogP contribution in [-0.2, 0) is 0 Å². The van der Waals surface area contributed by atoms with Crippen molar-refractivity contribution in [3.63, 3.8) is 0 Å². The van der Waals surface area contributed by atoms with E-state index in [0.717, 1.165) is 6.07 Å². The minimum Gasteiger partial charge on any atom is -0.403 e. The molecule has 8 nitrogen and oxygen atoms in total. The number of nitro benzene ring substituents is 1. The largest absolute Gasteiger partial charge is 0.403 e. The summed E-state index contributed by atoms with van der Waals surface area (Å²) in [7, 11) is 0. The lowest BCUT2D eigenvalue weighted by Gasteiger charge is -2.00. The summed E-state index contributed by atoms with van der Waals surface area (Å²) < 4.78 is 5.35. The molecule has 0 atom stereocenters. The number of non-ortho nitro benzene ring substituents is 1. The Balaban J connectivity index is 1.78. The van der Waals surface area contributed by atoms with Gasteiger partial charge in [0.1, 0.15) is 0 Å². The molecule has 24 heavy (non-hydrogen) atoms. The van der Waals surface area contributed by atoms with Gasteiger partial charge in [-0.1, -0.05) is 28.8 Å². The fraction of sp³-hybridized carbons (Fsp3) is 0. The van der Waals surface area contributed by atoms with Crippen molar-refractivity contribution in [2.75, 3.05) is 5.32 Å². The average Bonchev–Trinajstić information content (AvgIpc) is 3.03. The third-order valence-electron chi connectivity index (χ3n) is 3.04. The molecule has 0 saturated heterocycles. The Morgan fingerprint density at radius 1 is 1.17 bits per heavy atom. The van der Waals surface area contributed by atoms with Crippen LogP contribution in [-0.4, -0.2) is 21.0 Å². The molecule has 1 amide bonds. The van der Waals surface area contributed by atoms with Crippen molar-refractivity contribution in [2.24, 2.45) is 0 Å². The summed E-state index contributed by atoms with van der Waals surface area (Å²) >= 11 is 5.89. The van der Waals surface area contributed by atoms with Gasteiger partial charge in [0.15, 0.2) is 0 Å². The first-order valence-corrected chi connectivity index (χ1v) is 7.06. The van der Waals surface area contributed by atoms with Crippen LogP contribution in [0.15, 0.2) is 52.9 Å². The Bertz CT molecular complexity index is 925. The van der Waals surface area contributed by atoms with Crippen molar-refractivity contribution < 1.29 is 14.1 Å². The normalized spacial score (nSPS) is 10.4. The zero-order valence-corrected chi connectivity index (χ0v) is 12.7. The first kappa shape index (κ1) is 15.6. The molecular formula is C15H9ClN4O4. The van der Waals surface area contributed by atoms with Gasteiger partial charge in [0.25, 0.3) is 11.6 Å². The van der Waals surface area contributed by atoms with Crippen LogP contribution in [0, 0.1) is 10.1 Å². The maximum atomic E-state index is 12.1. The molecule has 0 fully saturated rings. The number of halogens is 1. The number of rotatable bonds is 4. The van der Waals surface area contributed by atoms with Crippen LogP contribution < -0.4 is 5.32 Å². The molecule has 0 aliphatic rings. The van der Waals surface area contributed by atoms with E-state index in [2.05, 4.69) is 15.5 Å². The Morgan fingerprint density at radius 2 is 1.96 bits per heavy atom. The molecule has 2 aromatic carbocycles. The first-order valence-electron chi connectivity index (χ1n) is 6.68. The molecule has 0 saturated carbocycles. The Labute approximate surface area is 140 Å². The van der Waals surface area contributed by atoms with E-state index in [0.29, 0.717) is 10.6 Å². The van der Waals surface area contributed by atoms with E-state index < -0.39 is 10.8 Å². The molecule has 1 aromatic heterocycles. The SMILES string of the molecule is O=C(Nc1nnc(-c2cccc(Cl)c2)o1)c1cccc([N+](=O)[O-])c1. The van der Waals surface area contributed by atoms with Crippen molar-refractivity contribution in [2.45, 2.75) is 0 Å². The summed E-state index contributed by atoms with van der Waals surface area (Å²) in [6.07, 6.45) is 0. The number of carbonyl (C=O) groups excluding carboxylic acids is 1. The molecule has 0 aliphatic heterocycles. The van der Waals surface area contributed by atoms with Gasteiger partial charge >= 0.3 is 6.01 Å². The van der Waals surface area contributed by atoms with Crippen LogP contribution in [0.1, 0.15) is 10.4 Å². The second-order valence-corrected chi connectivity index (χ2v) is 5.12. The van der Waals surface area contributed by atoms with Crippen molar-refractivity contribution in [3.8, 4) is 11.5 Å². The van der Waals surface area contributed by atoms with Gasteiger partial charge in [-0.25, -0.2) is 0 Å². The molecule has 0 aliphatic carbocycles. The molecule has 9 heteroatoms. The number of carbonyl (C=O) groups is 1. The smallest absolute Gasteiger partial charge is 0.322 e. The molecule has 3 aromatic rings. The van der Waals surface area contributed by atoms with Crippen molar-refractivity contribution >= 4 is 29.2 Å². The Morgan fingerprint density at radius 3 is 2.71 bits per heavy atom. The minimum atomic E-state index is -0.597. The van der Waals surface area contributed by atoms with Crippen molar-refractivity contribution in [3.05, 3.63) is 69.2 Å². The van der Waals surface area contributed by atoms with Gasteiger partial charge in [-0.15, -0.1) is 5.10 Å². The highest BCUT2D eigenvalue weighted by atomic mass is 35.5. The van der Waals surface area contributed by atoms with E-state index in [4.69, 9.17) is 16.0 Å². The lowest BCUT2D eigenvalue weighted by molar-refractivity contribution is -0.384. The third kappa shape index (κ3) is 3.39. The van der Waals surface area contributed by atoms with Gasteiger partial charge in [0, 0.05) is 28.3 Å². The molecule has 0 bridgehead atoms. The maximum Gasteiger partial charge on any atom is 0.322 e. The highest BCUT2D eigenvalue weighted by molar-refractivity contribution is 6.30. The highest BCUT2D eigenvalue weighted by Crippen LogP contribution is 2.23. The molecule has 1 heterocycles. The number of aromatic nitrogens is 2. The maximum absolute atomic E-state index is 12.1. The van der Waals surface area contributed by atoms with Crippen LogP contribution in [0.25, 0.3) is 11.5 Å². The predicted molar refractivity (Wildman–Crippen MR) is 85.8 cm³/mol. The van der Waals surface area contributed by atoms with Gasteiger partial charge in [-0.05, 0) is 24.3 Å². The average molecular weight is 345 g/mol. The van der Waals surface area contributed by atoms with E-state index in [1.165, 1.54) is 18.2 Å². The van der Waals surface area contributed by atoms with E-state index in [1.807, 2.05) is 0 Å². The summed E-state index contributed by atoms with van der Waals surface area (Å²) in [6, 6.07) is 12.0. The molecule has 0 spiro atoms. The summed E-state index contributed by atoms with van der Waals surface area (Å²) in [5.41, 5.74) is 0.519. The highest BCUT2D eigenvalue weighted by Gasteiger charge is 2.15. The monoisotopic (exact) mass is 344 g/mol. The van der Waals surface area contributed by atoms with E-state index in [1.54, 1.807) is 24.3 Å². The summed E-state index contributed by atoms with van der Waals surface area (Å²) in [5, 5.41) is 21.2. The second kappa shape index (κ2) is 6.47. The number of anilines is 1. The number of hydrogen-bond acceptors (Lipinski definition) is 6. The van der Waals surface area contributed by atoms with Gasteiger partial charge in [0.05, 0.1) is 4.92 Å². The summed E-state index contributed by atoms with van der Waals surface area (Å²) in [4.78, 5) is 22.3. The molecule has 0 unspecified atom stereocenters. The third-order valence-corrected chi connectivity index (χ3v) is 3.27. The fourth-order valence-corrected chi connectivity index (χ4v) is 2.13. The van der Waals surface area contributed by atoms with Crippen LogP contribution in [0.2, 0.25) is 5.02 Å². The zero-order chi connectivity index (χ0) is 17.1. The van der Waals surface area contributed by atoms with Crippen LogP contribution in [0.3, 0.4) is 0 Å². The van der Waals surface area contributed by atoms with E-state index >= 15 is 0 Å². The van der Waals surface area contributed by atoms with Gasteiger partial charge < -0.3 is 4.42 Å². The number of benzene rings is 2. The number of amides is 1. The lowest BCUT2D eigenvalue weighted by atomic mass is 10.2.